The van der Waals surface area contributed by atoms with Gasteiger partial charge in [0.15, 0.2) is 0 Å². The van der Waals surface area contributed by atoms with Gasteiger partial charge >= 0.3 is 0 Å². The highest BCUT2D eigenvalue weighted by molar-refractivity contribution is 7.89. The number of nitrogens with zero attached hydrogens (tertiary/aromatic N) is 5. The van der Waals surface area contributed by atoms with Crippen molar-refractivity contribution in [3.8, 4) is 5.75 Å². The smallest absolute Gasteiger partial charge is 0.243 e. The number of aryl methyl sites for hydroxylation is 2. The largest absolute Gasteiger partial charge is 0.496 e. The molecule has 1 fully saturated rings. The zero-order valence-corrected chi connectivity index (χ0v) is 18.4. The van der Waals surface area contributed by atoms with Crippen LogP contribution < -0.4 is 10.1 Å². The molecule has 1 N–H and O–H groups in total. The van der Waals surface area contributed by atoms with Gasteiger partial charge in [-0.05, 0) is 49.9 Å². The molecule has 162 valence electrons. The average molecular weight is 441 g/mol. The van der Waals surface area contributed by atoms with Crippen LogP contribution in [0.4, 0.5) is 11.6 Å². The molecule has 1 atom stereocenters. The summed E-state index contributed by atoms with van der Waals surface area (Å²) >= 11 is 0. The molecule has 9 nitrogen and oxygen atoms in total. The topological polar surface area (TPSA) is 110 Å². The lowest BCUT2D eigenvalue weighted by Gasteiger charge is -2.25. The van der Waals surface area contributed by atoms with Gasteiger partial charge in [-0.15, -0.1) is 0 Å². The number of methoxy groups -OCH3 is 1. The van der Waals surface area contributed by atoms with Gasteiger partial charge in [0, 0.05) is 18.9 Å². The Morgan fingerprint density at radius 1 is 1.06 bits per heavy atom. The fourth-order valence-corrected chi connectivity index (χ4v) is 5.77. The monoisotopic (exact) mass is 440 g/mol. The number of sulfonamides is 1. The summed E-state index contributed by atoms with van der Waals surface area (Å²) in [5.74, 6) is 1.69. The number of hydrogen-bond donors (Lipinski definition) is 1. The third kappa shape index (κ3) is 4.21. The molecule has 1 aliphatic rings. The van der Waals surface area contributed by atoms with Gasteiger partial charge in [0.05, 0.1) is 42.3 Å². The van der Waals surface area contributed by atoms with Crippen LogP contribution in [0.5, 0.6) is 5.75 Å². The van der Waals surface area contributed by atoms with E-state index in [0.29, 0.717) is 46.5 Å². The van der Waals surface area contributed by atoms with Crippen LogP contribution in [0.15, 0.2) is 48.0 Å². The minimum absolute atomic E-state index is 0.291. The van der Waals surface area contributed by atoms with Crippen LogP contribution in [0.2, 0.25) is 0 Å². The van der Waals surface area contributed by atoms with Gasteiger partial charge in [-0.1, -0.05) is 0 Å². The lowest BCUT2D eigenvalue weighted by atomic mass is 10.1. The number of ether oxygens (including phenoxy) is 1. The first-order valence-electron chi connectivity index (χ1n) is 9.92. The zero-order valence-electron chi connectivity index (χ0n) is 17.6. The van der Waals surface area contributed by atoms with Crippen molar-refractivity contribution >= 4 is 21.7 Å². The summed E-state index contributed by atoms with van der Waals surface area (Å²) in [5.41, 5.74) is 2.02. The minimum Gasteiger partial charge on any atom is -0.496 e. The molecule has 0 aliphatic carbocycles. The molecule has 0 unspecified atom stereocenters. The number of hydrogen-bond acceptors (Lipinski definition) is 8. The van der Waals surface area contributed by atoms with E-state index in [1.807, 2.05) is 6.92 Å². The van der Waals surface area contributed by atoms with Crippen LogP contribution in [-0.2, 0) is 10.0 Å². The Kier molecular flexibility index (Phi) is 5.84. The highest BCUT2D eigenvalue weighted by Crippen LogP contribution is 2.37. The van der Waals surface area contributed by atoms with Crippen LogP contribution >= 0.6 is 0 Å². The predicted molar refractivity (Wildman–Crippen MR) is 116 cm³/mol. The van der Waals surface area contributed by atoms with Crippen molar-refractivity contribution in [1.82, 2.24) is 24.2 Å². The molecule has 3 aromatic rings. The highest BCUT2D eigenvalue weighted by Gasteiger charge is 2.38. The van der Waals surface area contributed by atoms with Crippen LogP contribution in [0.25, 0.3) is 0 Å². The van der Waals surface area contributed by atoms with E-state index in [1.54, 1.807) is 57.2 Å². The van der Waals surface area contributed by atoms with Crippen molar-refractivity contribution in [3.05, 3.63) is 59.9 Å². The average Bonchev–Trinajstić information content (AvgIpc) is 3.27. The number of rotatable bonds is 6. The number of nitrogens with one attached hydrogen (secondary N) is 1. The van der Waals surface area contributed by atoms with Crippen molar-refractivity contribution < 1.29 is 13.2 Å². The van der Waals surface area contributed by atoms with Gasteiger partial charge in [-0.2, -0.15) is 4.31 Å². The summed E-state index contributed by atoms with van der Waals surface area (Å²) in [4.78, 5) is 17.3. The van der Waals surface area contributed by atoms with E-state index in [2.05, 4.69) is 25.3 Å². The third-order valence-electron chi connectivity index (χ3n) is 5.30. The van der Waals surface area contributed by atoms with Crippen molar-refractivity contribution in [1.29, 1.82) is 0 Å². The molecule has 0 amide bonds. The second kappa shape index (κ2) is 8.56. The molecule has 4 rings (SSSR count). The first kappa shape index (κ1) is 21.1. The fourth-order valence-electron chi connectivity index (χ4n) is 3.81. The van der Waals surface area contributed by atoms with E-state index >= 15 is 0 Å². The Morgan fingerprint density at radius 2 is 1.87 bits per heavy atom. The SMILES string of the molecule is COc1cc(C)c(S(=O)(=O)N2CCC[C@H]2c2cncc(Nc3cnccn3)n2)cc1C. The third-order valence-corrected chi connectivity index (χ3v) is 7.35. The van der Waals surface area contributed by atoms with Crippen LogP contribution in [0.3, 0.4) is 0 Å². The lowest BCUT2D eigenvalue weighted by molar-refractivity contribution is 0.389. The van der Waals surface area contributed by atoms with Gasteiger partial charge in [0.1, 0.15) is 17.4 Å². The molecule has 0 spiro atoms. The Labute approximate surface area is 181 Å². The molecular formula is C21H24N6O3S. The summed E-state index contributed by atoms with van der Waals surface area (Å²) in [7, 11) is -2.14. The second-order valence-electron chi connectivity index (χ2n) is 7.41. The summed E-state index contributed by atoms with van der Waals surface area (Å²) < 4.78 is 34.0. The van der Waals surface area contributed by atoms with E-state index in [-0.39, 0.29) is 6.04 Å². The molecule has 1 aliphatic heterocycles. The number of benzene rings is 1. The molecule has 1 saturated heterocycles. The Balaban J connectivity index is 1.65. The van der Waals surface area contributed by atoms with Gasteiger partial charge < -0.3 is 10.1 Å². The summed E-state index contributed by atoms with van der Waals surface area (Å²) in [6, 6.07) is 3.05. The molecule has 10 heteroatoms. The lowest BCUT2D eigenvalue weighted by Crippen LogP contribution is -2.31. The first-order valence-corrected chi connectivity index (χ1v) is 11.4. The molecule has 2 aromatic heterocycles. The maximum Gasteiger partial charge on any atom is 0.243 e. The van der Waals surface area contributed by atoms with E-state index < -0.39 is 10.0 Å². The van der Waals surface area contributed by atoms with Crippen LogP contribution in [-0.4, -0.2) is 46.3 Å². The highest BCUT2D eigenvalue weighted by atomic mass is 32.2. The van der Waals surface area contributed by atoms with E-state index in [0.717, 1.165) is 12.0 Å². The second-order valence-corrected chi connectivity index (χ2v) is 9.26. The molecule has 0 radical (unpaired) electrons. The molecule has 0 saturated carbocycles. The Morgan fingerprint density at radius 3 is 2.61 bits per heavy atom. The molecular weight excluding hydrogens is 416 g/mol. The molecule has 31 heavy (non-hydrogen) atoms. The summed E-state index contributed by atoms with van der Waals surface area (Å²) in [6.07, 6.45) is 9.35. The quantitative estimate of drug-likeness (QED) is 0.622. The molecule has 0 bridgehead atoms. The number of aromatic nitrogens is 4. The minimum atomic E-state index is -3.72. The van der Waals surface area contributed by atoms with Gasteiger partial charge in [-0.3, -0.25) is 9.97 Å². The summed E-state index contributed by atoms with van der Waals surface area (Å²) in [6.45, 7) is 4.05. The van der Waals surface area contributed by atoms with E-state index in [9.17, 15) is 8.42 Å². The van der Waals surface area contributed by atoms with Crippen molar-refractivity contribution in [2.75, 3.05) is 19.0 Å². The van der Waals surface area contributed by atoms with Crippen molar-refractivity contribution in [2.45, 2.75) is 37.6 Å². The van der Waals surface area contributed by atoms with Crippen molar-refractivity contribution in [2.24, 2.45) is 0 Å². The Bertz CT molecular complexity index is 1190. The fraction of sp³-hybridized carbons (Fsp3) is 0.333. The Hall–Kier alpha value is -3.11. The maximum atomic E-state index is 13.6. The normalized spacial score (nSPS) is 16.9. The predicted octanol–water partition coefficient (Wildman–Crippen LogP) is 3.16. The van der Waals surface area contributed by atoms with Gasteiger partial charge in [0.2, 0.25) is 10.0 Å². The molecule has 3 heterocycles. The van der Waals surface area contributed by atoms with Crippen LogP contribution in [0, 0.1) is 13.8 Å². The first-order chi connectivity index (χ1) is 14.9. The zero-order chi connectivity index (χ0) is 22.0. The number of anilines is 2. The van der Waals surface area contributed by atoms with E-state index in [4.69, 9.17) is 4.74 Å². The van der Waals surface area contributed by atoms with Gasteiger partial charge in [-0.25, -0.2) is 18.4 Å². The standard InChI is InChI=1S/C21H24N6O3S/c1-14-10-19(15(2)9-18(14)30-3)31(28,29)27-8-4-5-17(27)16-11-23-13-21(25-16)26-20-12-22-6-7-24-20/h6-7,9-13,17H,4-5,8H2,1-3H3,(H,24,25,26)/t17-/m0/s1. The van der Waals surface area contributed by atoms with E-state index in [1.165, 1.54) is 4.31 Å². The maximum absolute atomic E-state index is 13.6. The molecule has 1 aromatic carbocycles. The summed E-state index contributed by atoms with van der Waals surface area (Å²) in [5, 5.41) is 3.05. The van der Waals surface area contributed by atoms with Gasteiger partial charge in [0.25, 0.3) is 0 Å². The van der Waals surface area contributed by atoms with Crippen molar-refractivity contribution in [3.63, 3.8) is 0 Å². The van der Waals surface area contributed by atoms with Crippen LogP contribution in [0.1, 0.15) is 35.7 Å².